The lowest BCUT2D eigenvalue weighted by atomic mass is 9.81. The first-order valence-corrected chi connectivity index (χ1v) is 5.67. The minimum Gasteiger partial charge on any atom is -0.466 e. The van der Waals surface area contributed by atoms with Crippen LogP contribution >= 0.6 is 0 Å². The highest BCUT2D eigenvalue weighted by molar-refractivity contribution is 5.73. The van der Waals surface area contributed by atoms with Crippen LogP contribution in [-0.2, 0) is 14.3 Å². The Morgan fingerprint density at radius 1 is 1.27 bits per heavy atom. The van der Waals surface area contributed by atoms with Gasteiger partial charge >= 0.3 is 5.97 Å². The second-order valence-corrected chi connectivity index (χ2v) is 4.75. The highest BCUT2D eigenvalue weighted by Gasteiger charge is 2.32. The molecule has 0 saturated heterocycles. The van der Waals surface area contributed by atoms with E-state index in [0.717, 1.165) is 6.42 Å². The van der Waals surface area contributed by atoms with Gasteiger partial charge in [-0.05, 0) is 18.8 Å². The van der Waals surface area contributed by atoms with E-state index in [4.69, 9.17) is 9.47 Å². The van der Waals surface area contributed by atoms with Gasteiger partial charge in [-0.25, -0.2) is 0 Å². The van der Waals surface area contributed by atoms with Crippen LogP contribution in [0.15, 0.2) is 0 Å². The summed E-state index contributed by atoms with van der Waals surface area (Å²) in [4.78, 5) is 11.7. The molecule has 0 fully saturated rings. The van der Waals surface area contributed by atoms with E-state index < -0.39 is 0 Å². The number of rotatable bonds is 6. The Labute approximate surface area is 93.1 Å². The third-order valence-electron chi connectivity index (χ3n) is 2.25. The lowest BCUT2D eigenvalue weighted by Crippen LogP contribution is -2.34. The number of carbonyl (C=O) groups is 1. The molecule has 1 atom stereocenters. The molecule has 0 aliphatic carbocycles. The number of hydrogen-bond donors (Lipinski definition) is 0. The first-order valence-electron chi connectivity index (χ1n) is 5.67. The standard InChI is InChI=1S/C12H24O3/c1-6-8-14-9-10(12(3,4)5)11(13)15-7-2/h10H,6-9H2,1-5H3. The average Bonchev–Trinajstić information content (AvgIpc) is 2.10. The molecular weight excluding hydrogens is 192 g/mol. The molecule has 0 radical (unpaired) electrons. The summed E-state index contributed by atoms with van der Waals surface area (Å²) in [6.07, 6.45) is 0.972. The Morgan fingerprint density at radius 3 is 2.27 bits per heavy atom. The molecule has 1 unspecified atom stereocenters. The van der Waals surface area contributed by atoms with Gasteiger partial charge < -0.3 is 9.47 Å². The minimum absolute atomic E-state index is 0.111. The molecule has 0 aromatic rings. The molecule has 0 saturated carbocycles. The third kappa shape index (κ3) is 5.78. The molecule has 0 heterocycles. The van der Waals surface area contributed by atoms with Crippen LogP contribution in [0.4, 0.5) is 0 Å². The molecule has 3 nitrogen and oxygen atoms in total. The van der Waals surface area contributed by atoms with Gasteiger partial charge in [-0.15, -0.1) is 0 Å². The van der Waals surface area contributed by atoms with Crippen LogP contribution in [0.5, 0.6) is 0 Å². The summed E-state index contributed by atoms with van der Waals surface area (Å²) < 4.78 is 10.5. The second kappa shape index (κ2) is 6.83. The number of ether oxygens (including phenoxy) is 2. The van der Waals surface area contributed by atoms with E-state index >= 15 is 0 Å². The molecule has 0 aromatic carbocycles. The molecule has 0 amide bonds. The largest absolute Gasteiger partial charge is 0.466 e. The predicted molar refractivity (Wildman–Crippen MR) is 60.7 cm³/mol. The smallest absolute Gasteiger partial charge is 0.311 e. The van der Waals surface area contributed by atoms with Crippen LogP contribution in [0.25, 0.3) is 0 Å². The fourth-order valence-electron chi connectivity index (χ4n) is 1.26. The molecule has 0 spiro atoms. The first kappa shape index (κ1) is 14.4. The van der Waals surface area contributed by atoms with Crippen molar-refractivity contribution in [1.29, 1.82) is 0 Å². The van der Waals surface area contributed by atoms with Crippen molar-refractivity contribution >= 4 is 5.97 Å². The highest BCUT2D eigenvalue weighted by atomic mass is 16.5. The molecule has 15 heavy (non-hydrogen) atoms. The van der Waals surface area contributed by atoms with Crippen molar-refractivity contribution in [2.75, 3.05) is 19.8 Å². The quantitative estimate of drug-likeness (QED) is 0.506. The zero-order chi connectivity index (χ0) is 11.9. The van der Waals surface area contributed by atoms with E-state index in [1.165, 1.54) is 0 Å². The van der Waals surface area contributed by atoms with Gasteiger partial charge in [0.2, 0.25) is 0 Å². The van der Waals surface area contributed by atoms with Gasteiger partial charge in [0.05, 0.1) is 19.1 Å². The lowest BCUT2D eigenvalue weighted by molar-refractivity contribution is -0.154. The Kier molecular flexibility index (Phi) is 6.57. The summed E-state index contributed by atoms with van der Waals surface area (Å²) in [5.41, 5.74) is -0.111. The molecule has 0 rings (SSSR count). The number of esters is 1. The van der Waals surface area contributed by atoms with Gasteiger partial charge in [0.15, 0.2) is 0 Å². The Balaban J connectivity index is 4.25. The summed E-state index contributed by atoms with van der Waals surface area (Å²) in [6.45, 7) is 11.6. The fraction of sp³-hybridized carbons (Fsp3) is 0.917. The highest BCUT2D eigenvalue weighted by Crippen LogP contribution is 2.27. The molecule has 0 aliphatic rings. The van der Waals surface area contributed by atoms with Crippen LogP contribution in [0.3, 0.4) is 0 Å². The van der Waals surface area contributed by atoms with E-state index in [0.29, 0.717) is 19.8 Å². The zero-order valence-electron chi connectivity index (χ0n) is 10.6. The molecule has 90 valence electrons. The molecule has 0 aliphatic heterocycles. The Morgan fingerprint density at radius 2 is 1.87 bits per heavy atom. The monoisotopic (exact) mass is 216 g/mol. The fourth-order valence-corrected chi connectivity index (χ4v) is 1.26. The molecule has 3 heteroatoms. The van der Waals surface area contributed by atoms with Gasteiger partial charge in [0, 0.05) is 6.61 Å². The van der Waals surface area contributed by atoms with E-state index in [1.807, 2.05) is 27.7 Å². The summed E-state index contributed by atoms with van der Waals surface area (Å²) in [7, 11) is 0. The summed E-state index contributed by atoms with van der Waals surface area (Å²) in [5, 5.41) is 0. The SMILES string of the molecule is CCCOCC(C(=O)OCC)C(C)(C)C. The third-order valence-corrected chi connectivity index (χ3v) is 2.25. The predicted octanol–water partition coefficient (Wildman–Crippen LogP) is 2.64. The molecule has 0 N–H and O–H groups in total. The van der Waals surface area contributed by atoms with Crippen LogP contribution < -0.4 is 0 Å². The second-order valence-electron chi connectivity index (χ2n) is 4.75. The summed E-state index contributed by atoms with van der Waals surface area (Å²) >= 11 is 0. The van der Waals surface area contributed by atoms with E-state index in [1.54, 1.807) is 0 Å². The van der Waals surface area contributed by atoms with Gasteiger partial charge in [-0.1, -0.05) is 27.7 Å². The van der Waals surface area contributed by atoms with Gasteiger partial charge in [0.1, 0.15) is 0 Å². The van der Waals surface area contributed by atoms with Crippen molar-refractivity contribution in [1.82, 2.24) is 0 Å². The Hall–Kier alpha value is -0.570. The van der Waals surface area contributed by atoms with Crippen LogP contribution in [-0.4, -0.2) is 25.8 Å². The number of carbonyl (C=O) groups excluding carboxylic acids is 1. The maximum absolute atomic E-state index is 11.7. The minimum atomic E-state index is -0.177. The van der Waals surface area contributed by atoms with Crippen molar-refractivity contribution in [3.8, 4) is 0 Å². The first-order chi connectivity index (χ1) is 6.93. The molecular formula is C12H24O3. The van der Waals surface area contributed by atoms with Gasteiger partial charge in [-0.2, -0.15) is 0 Å². The normalized spacial score (nSPS) is 13.7. The maximum Gasteiger partial charge on any atom is 0.311 e. The topological polar surface area (TPSA) is 35.5 Å². The number of hydrogen-bond acceptors (Lipinski definition) is 3. The summed E-state index contributed by atoms with van der Waals surface area (Å²) in [6, 6.07) is 0. The van der Waals surface area contributed by atoms with Gasteiger partial charge in [0.25, 0.3) is 0 Å². The van der Waals surface area contributed by atoms with Crippen molar-refractivity contribution in [2.24, 2.45) is 11.3 Å². The summed E-state index contributed by atoms with van der Waals surface area (Å²) in [5.74, 6) is -0.329. The van der Waals surface area contributed by atoms with Crippen LogP contribution in [0, 0.1) is 11.3 Å². The Bertz CT molecular complexity index is 182. The van der Waals surface area contributed by atoms with Crippen LogP contribution in [0.2, 0.25) is 0 Å². The maximum atomic E-state index is 11.7. The lowest BCUT2D eigenvalue weighted by Gasteiger charge is -2.28. The molecule has 0 aromatic heterocycles. The van der Waals surface area contributed by atoms with E-state index in [2.05, 4.69) is 6.92 Å². The van der Waals surface area contributed by atoms with E-state index in [9.17, 15) is 4.79 Å². The zero-order valence-corrected chi connectivity index (χ0v) is 10.6. The van der Waals surface area contributed by atoms with Gasteiger partial charge in [-0.3, -0.25) is 4.79 Å². The average molecular weight is 216 g/mol. The van der Waals surface area contributed by atoms with Crippen LogP contribution in [0.1, 0.15) is 41.0 Å². The van der Waals surface area contributed by atoms with Crippen molar-refractivity contribution in [3.05, 3.63) is 0 Å². The van der Waals surface area contributed by atoms with E-state index in [-0.39, 0.29) is 17.3 Å². The van der Waals surface area contributed by atoms with Crippen molar-refractivity contribution in [3.63, 3.8) is 0 Å². The van der Waals surface area contributed by atoms with Crippen molar-refractivity contribution in [2.45, 2.75) is 41.0 Å². The molecule has 0 bridgehead atoms. The van der Waals surface area contributed by atoms with Crippen molar-refractivity contribution < 1.29 is 14.3 Å².